The van der Waals surface area contributed by atoms with Crippen LogP contribution in [-0.2, 0) is 11.3 Å². The van der Waals surface area contributed by atoms with Gasteiger partial charge in [0.15, 0.2) is 11.0 Å². The van der Waals surface area contributed by atoms with Gasteiger partial charge in [-0.15, -0.1) is 10.2 Å². The molecule has 0 bridgehead atoms. The zero-order valence-electron chi connectivity index (χ0n) is 16.2. The number of nitro benzene ring substituents is 1. The van der Waals surface area contributed by atoms with Crippen LogP contribution in [0.25, 0.3) is 11.4 Å². The topological polar surface area (TPSA) is 112 Å². The van der Waals surface area contributed by atoms with E-state index in [0.29, 0.717) is 28.3 Å². The molecule has 156 valence electrons. The van der Waals surface area contributed by atoms with E-state index >= 15 is 0 Å². The Hall–Kier alpha value is -3.11. The number of carbonyl (C=O) groups is 1. The lowest BCUT2D eigenvalue weighted by Crippen LogP contribution is -2.15. The fourth-order valence-electron chi connectivity index (χ4n) is 2.75. The maximum atomic E-state index is 12.4. The van der Waals surface area contributed by atoms with E-state index < -0.39 is 4.92 Å². The van der Waals surface area contributed by atoms with Crippen molar-refractivity contribution in [1.29, 1.82) is 0 Å². The van der Waals surface area contributed by atoms with Gasteiger partial charge in [-0.1, -0.05) is 35.5 Å². The SMILES string of the molecule is CCn1c(SCC(=O)Nc2cc([N+](=O)[O-])ccc2OC)nnc1-c1ccccc1Cl. The standard InChI is InChI=1S/C19H18ClN5O4S/c1-3-24-18(13-6-4-5-7-14(13)20)22-23-19(24)30-11-17(26)21-15-10-12(25(27)28)8-9-16(15)29-2/h4-10H,3,11H2,1-2H3,(H,21,26). The number of halogens is 1. The molecule has 0 unspecified atom stereocenters. The monoisotopic (exact) mass is 447 g/mol. The quantitative estimate of drug-likeness (QED) is 0.311. The molecule has 0 fully saturated rings. The molecule has 1 N–H and O–H groups in total. The van der Waals surface area contributed by atoms with Crippen LogP contribution in [0.15, 0.2) is 47.6 Å². The number of anilines is 1. The first-order chi connectivity index (χ1) is 14.4. The molecule has 3 aromatic rings. The molecule has 11 heteroatoms. The molecule has 0 aliphatic carbocycles. The molecule has 0 saturated heterocycles. The van der Waals surface area contributed by atoms with Crippen LogP contribution in [0.3, 0.4) is 0 Å². The normalized spacial score (nSPS) is 10.6. The summed E-state index contributed by atoms with van der Waals surface area (Å²) in [7, 11) is 1.42. The Labute approximate surface area is 181 Å². The highest BCUT2D eigenvalue weighted by Gasteiger charge is 2.18. The van der Waals surface area contributed by atoms with E-state index in [2.05, 4.69) is 15.5 Å². The number of hydrogen-bond donors (Lipinski definition) is 1. The first-order valence-electron chi connectivity index (χ1n) is 8.87. The molecule has 2 aromatic carbocycles. The second-order valence-corrected chi connectivity index (χ2v) is 7.36. The van der Waals surface area contributed by atoms with Crippen LogP contribution in [0.2, 0.25) is 5.02 Å². The van der Waals surface area contributed by atoms with Gasteiger partial charge in [0.2, 0.25) is 5.91 Å². The summed E-state index contributed by atoms with van der Waals surface area (Å²) in [5.74, 6) is 0.624. The lowest BCUT2D eigenvalue weighted by Gasteiger charge is -2.10. The van der Waals surface area contributed by atoms with Crippen molar-refractivity contribution >= 4 is 40.6 Å². The van der Waals surface area contributed by atoms with Gasteiger partial charge in [-0.05, 0) is 25.1 Å². The molecule has 1 heterocycles. The molecule has 30 heavy (non-hydrogen) atoms. The highest BCUT2D eigenvalue weighted by molar-refractivity contribution is 7.99. The van der Waals surface area contributed by atoms with Crippen LogP contribution in [0.1, 0.15) is 6.92 Å². The molecule has 0 aliphatic rings. The second-order valence-electron chi connectivity index (χ2n) is 6.01. The number of amides is 1. The van der Waals surface area contributed by atoms with Crippen molar-refractivity contribution in [2.24, 2.45) is 0 Å². The third-order valence-corrected chi connectivity index (χ3v) is 5.44. The number of nitrogens with zero attached hydrogens (tertiary/aromatic N) is 4. The van der Waals surface area contributed by atoms with Crippen molar-refractivity contribution in [2.45, 2.75) is 18.6 Å². The van der Waals surface area contributed by atoms with Gasteiger partial charge >= 0.3 is 0 Å². The zero-order chi connectivity index (χ0) is 21.7. The van der Waals surface area contributed by atoms with Crippen molar-refractivity contribution in [3.63, 3.8) is 0 Å². The first kappa shape index (κ1) is 21.6. The van der Waals surface area contributed by atoms with Crippen LogP contribution < -0.4 is 10.1 Å². The summed E-state index contributed by atoms with van der Waals surface area (Å²) in [6, 6.07) is 11.3. The van der Waals surface area contributed by atoms with E-state index in [1.165, 1.54) is 37.1 Å². The number of carbonyl (C=O) groups excluding carboxylic acids is 1. The minimum absolute atomic E-state index is 0.0342. The van der Waals surface area contributed by atoms with E-state index in [1.807, 2.05) is 29.7 Å². The van der Waals surface area contributed by atoms with E-state index in [0.717, 1.165) is 5.56 Å². The minimum atomic E-state index is -0.538. The van der Waals surface area contributed by atoms with E-state index in [4.69, 9.17) is 16.3 Å². The number of hydrogen-bond acceptors (Lipinski definition) is 7. The van der Waals surface area contributed by atoms with Crippen molar-refractivity contribution in [1.82, 2.24) is 14.8 Å². The Morgan fingerprint density at radius 3 is 2.73 bits per heavy atom. The van der Waals surface area contributed by atoms with Gasteiger partial charge < -0.3 is 14.6 Å². The van der Waals surface area contributed by atoms with Gasteiger partial charge in [0, 0.05) is 24.2 Å². The highest BCUT2D eigenvalue weighted by atomic mass is 35.5. The largest absolute Gasteiger partial charge is 0.495 e. The fraction of sp³-hybridized carbons (Fsp3) is 0.211. The molecular formula is C19H18ClN5O4S. The maximum absolute atomic E-state index is 12.4. The fourth-order valence-corrected chi connectivity index (χ4v) is 3.77. The second kappa shape index (κ2) is 9.59. The Balaban J connectivity index is 1.74. The van der Waals surface area contributed by atoms with Crippen LogP contribution in [0.4, 0.5) is 11.4 Å². The third-order valence-electron chi connectivity index (χ3n) is 4.15. The van der Waals surface area contributed by atoms with Gasteiger partial charge in [0.1, 0.15) is 5.75 Å². The van der Waals surface area contributed by atoms with Crippen LogP contribution >= 0.6 is 23.4 Å². The van der Waals surface area contributed by atoms with E-state index in [-0.39, 0.29) is 23.0 Å². The summed E-state index contributed by atoms with van der Waals surface area (Å²) in [5.41, 5.74) is 0.839. The number of aromatic nitrogens is 3. The third kappa shape index (κ3) is 4.71. The minimum Gasteiger partial charge on any atom is -0.495 e. The summed E-state index contributed by atoms with van der Waals surface area (Å²) >= 11 is 7.47. The summed E-state index contributed by atoms with van der Waals surface area (Å²) in [6.45, 7) is 2.54. The molecule has 3 rings (SSSR count). The molecule has 0 saturated carbocycles. The molecule has 0 radical (unpaired) electrons. The zero-order valence-corrected chi connectivity index (χ0v) is 17.7. The molecule has 0 aliphatic heterocycles. The average molecular weight is 448 g/mol. The van der Waals surface area contributed by atoms with Crippen LogP contribution in [0.5, 0.6) is 5.75 Å². The van der Waals surface area contributed by atoms with Crippen molar-refractivity contribution in [3.05, 3.63) is 57.6 Å². The Morgan fingerprint density at radius 1 is 1.30 bits per heavy atom. The van der Waals surface area contributed by atoms with Crippen molar-refractivity contribution < 1.29 is 14.5 Å². The van der Waals surface area contributed by atoms with E-state index in [9.17, 15) is 14.9 Å². The highest BCUT2D eigenvalue weighted by Crippen LogP contribution is 2.31. The number of non-ortho nitro benzene ring substituents is 1. The Kier molecular flexibility index (Phi) is 6.91. The van der Waals surface area contributed by atoms with Crippen molar-refractivity contribution in [2.75, 3.05) is 18.2 Å². The number of thioether (sulfide) groups is 1. The Bertz CT molecular complexity index is 1090. The number of ether oxygens (including phenoxy) is 1. The smallest absolute Gasteiger partial charge is 0.271 e. The number of nitrogens with one attached hydrogen (secondary N) is 1. The summed E-state index contributed by atoms with van der Waals surface area (Å²) in [6.07, 6.45) is 0. The van der Waals surface area contributed by atoms with Crippen LogP contribution in [-0.4, -0.2) is 38.5 Å². The van der Waals surface area contributed by atoms with Gasteiger partial charge in [0.25, 0.3) is 5.69 Å². The molecular weight excluding hydrogens is 430 g/mol. The number of rotatable bonds is 8. The molecule has 0 atom stereocenters. The number of benzene rings is 2. The Morgan fingerprint density at radius 2 is 2.07 bits per heavy atom. The van der Waals surface area contributed by atoms with E-state index in [1.54, 1.807) is 6.07 Å². The molecule has 1 aromatic heterocycles. The summed E-state index contributed by atoms with van der Waals surface area (Å²) in [5, 5.41) is 23.2. The lowest BCUT2D eigenvalue weighted by atomic mass is 10.2. The van der Waals surface area contributed by atoms with Gasteiger partial charge in [-0.2, -0.15) is 0 Å². The summed E-state index contributed by atoms with van der Waals surface area (Å²) < 4.78 is 7.03. The van der Waals surface area contributed by atoms with Gasteiger partial charge in [0.05, 0.1) is 28.5 Å². The predicted octanol–water partition coefficient (Wildman–Crippen LogP) is 4.27. The summed E-state index contributed by atoms with van der Waals surface area (Å²) in [4.78, 5) is 22.9. The predicted molar refractivity (Wildman–Crippen MR) is 115 cm³/mol. The average Bonchev–Trinajstić information content (AvgIpc) is 3.15. The van der Waals surface area contributed by atoms with Gasteiger partial charge in [-0.25, -0.2) is 0 Å². The van der Waals surface area contributed by atoms with Gasteiger partial charge in [-0.3, -0.25) is 14.9 Å². The maximum Gasteiger partial charge on any atom is 0.271 e. The van der Waals surface area contributed by atoms with Crippen molar-refractivity contribution in [3.8, 4) is 17.1 Å². The number of methoxy groups -OCH3 is 1. The molecule has 9 nitrogen and oxygen atoms in total. The van der Waals surface area contributed by atoms with Crippen LogP contribution in [0, 0.1) is 10.1 Å². The lowest BCUT2D eigenvalue weighted by molar-refractivity contribution is -0.384. The molecule has 1 amide bonds. The number of nitro groups is 1. The first-order valence-corrected chi connectivity index (χ1v) is 10.2. The molecule has 0 spiro atoms.